The van der Waals surface area contributed by atoms with Crippen LogP contribution in [0.3, 0.4) is 0 Å². The summed E-state index contributed by atoms with van der Waals surface area (Å²) >= 11 is 1.18. The van der Waals surface area contributed by atoms with Gasteiger partial charge in [-0.2, -0.15) is 0 Å². The van der Waals surface area contributed by atoms with E-state index in [-0.39, 0.29) is 47.7 Å². The van der Waals surface area contributed by atoms with Crippen molar-refractivity contribution in [2.75, 3.05) is 14.2 Å². The van der Waals surface area contributed by atoms with E-state index in [2.05, 4.69) is 25.6 Å². The number of nitrogens with zero attached hydrogens (tertiary/aromatic N) is 4. The van der Waals surface area contributed by atoms with Gasteiger partial charge in [-0.05, 0) is 36.3 Å². The number of amides is 3. The van der Waals surface area contributed by atoms with Crippen molar-refractivity contribution in [3.63, 3.8) is 0 Å². The average molecular weight is 723 g/mol. The minimum absolute atomic E-state index is 0.0374. The summed E-state index contributed by atoms with van der Waals surface area (Å²) in [5, 5.41) is 7.85. The van der Waals surface area contributed by atoms with Gasteiger partial charge >= 0.3 is 11.9 Å². The van der Waals surface area contributed by atoms with Crippen molar-refractivity contribution in [2.45, 2.75) is 91.5 Å². The molecule has 2 heterocycles. The van der Waals surface area contributed by atoms with E-state index in [1.54, 1.807) is 30.3 Å². The van der Waals surface area contributed by atoms with Gasteiger partial charge in [-0.1, -0.05) is 71.4 Å². The number of hydrogen-bond acceptors (Lipinski definition) is 11. The number of methoxy groups -OCH3 is 1. The number of esters is 2. The number of aromatic nitrogens is 3. The fourth-order valence-corrected chi connectivity index (χ4v) is 6.64. The SMILES string of the molecule is CC[C@H](C)[C@H](NC(=O)c1ncccn1)C(=O)N(C)[C@H](C[C@@H](OC(C)=O)c1nc(C(=O)N[C@@H](Cc2ccccc2)C[C@H](C)C(=O)OC)cs1)C(C)C. The summed E-state index contributed by atoms with van der Waals surface area (Å²) in [6.07, 6.45) is 3.73. The van der Waals surface area contributed by atoms with E-state index in [0.29, 0.717) is 24.3 Å². The molecular weight excluding hydrogens is 673 g/mol. The van der Waals surface area contributed by atoms with Crippen molar-refractivity contribution in [3.8, 4) is 0 Å². The Hall–Kier alpha value is -4.72. The molecule has 3 amide bonds. The number of ether oxygens (including phenoxy) is 2. The highest BCUT2D eigenvalue weighted by atomic mass is 32.1. The second-order valence-corrected chi connectivity index (χ2v) is 14.0. The predicted octanol–water partition coefficient (Wildman–Crippen LogP) is 4.80. The Balaban J connectivity index is 1.82. The lowest BCUT2D eigenvalue weighted by atomic mass is 9.93. The predicted molar refractivity (Wildman–Crippen MR) is 193 cm³/mol. The first-order chi connectivity index (χ1) is 24.2. The summed E-state index contributed by atoms with van der Waals surface area (Å²) in [7, 11) is 3.00. The molecule has 2 N–H and O–H groups in total. The monoisotopic (exact) mass is 722 g/mol. The first-order valence-corrected chi connectivity index (χ1v) is 18.0. The van der Waals surface area contributed by atoms with Crippen LogP contribution in [0.25, 0.3) is 0 Å². The molecule has 0 fully saturated rings. The maximum atomic E-state index is 14.0. The number of thiazole rings is 1. The van der Waals surface area contributed by atoms with E-state index in [0.717, 1.165) is 5.56 Å². The van der Waals surface area contributed by atoms with E-state index in [1.807, 2.05) is 58.0 Å². The van der Waals surface area contributed by atoms with Gasteiger partial charge in [-0.15, -0.1) is 11.3 Å². The number of rotatable bonds is 18. The van der Waals surface area contributed by atoms with E-state index in [4.69, 9.17) is 9.47 Å². The number of benzene rings is 1. The highest BCUT2D eigenvalue weighted by Gasteiger charge is 2.36. The average Bonchev–Trinajstić information content (AvgIpc) is 3.62. The number of nitrogens with one attached hydrogen (secondary N) is 2. The van der Waals surface area contributed by atoms with Crippen molar-refractivity contribution < 1.29 is 33.4 Å². The largest absolute Gasteiger partial charge is 0.469 e. The standard InChI is InChI=1S/C37H50N6O7S/c1-9-23(4)31(42-34(46)32-38-16-13-17-39-32)36(47)43(7)29(22(2)3)20-30(50-25(6)44)35-41-28(21-51-35)33(45)40-27(18-24(5)37(48)49-8)19-26-14-11-10-12-15-26/h10-17,21-24,27,29-31H,9,18-20H2,1-8H3,(H,40,45)(H,42,46)/t23-,24-,27+,29+,30+,31-/m0/s1. The molecule has 2 aromatic heterocycles. The molecule has 0 aliphatic carbocycles. The third-order valence-electron chi connectivity index (χ3n) is 8.84. The van der Waals surface area contributed by atoms with E-state index in [9.17, 15) is 24.0 Å². The second-order valence-electron chi connectivity index (χ2n) is 13.1. The molecule has 3 aromatic rings. The molecule has 0 unspecified atom stereocenters. The molecule has 13 nitrogen and oxygen atoms in total. The van der Waals surface area contributed by atoms with Crippen LogP contribution in [0.2, 0.25) is 0 Å². The Morgan fingerprint density at radius 3 is 2.18 bits per heavy atom. The first-order valence-electron chi connectivity index (χ1n) is 17.1. The Morgan fingerprint density at radius 2 is 1.59 bits per heavy atom. The lowest BCUT2D eigenvalue weighted by Crippen LogP contribution is -2.54. The molecular formula is C37H50N6O7S. The highest BCUT2D eigenvalue weighted by Crippen LogP contribution is 2.31. The Labute approximate surface area is 303 Å². The van der Waals surface area contributed by atoms with Crippen LogP contribution in [0.4, 0.5) is 0 Å². The first kappa shape index (κ1) is 40.7. The number of likely N-dealkylation sites (N-methyl/N-ethyl adjacent to an activating group) is 1. The van der Waals surface area contributed by atoms with Gasteiger partial charge in [0.1, 0.15) is 16.7 Å². The maximum Gasteiger partial charge on any atom is 0.308 e. The van der Waals surface area contributed by atoms with Crippen LogP contribution in [0.15, 0.2) is 54.2 Å². The number of hydrogen-bond donors (Lipinski definition) is 2. The van der Waals surface area contributed by atoms with Crippen LogP contribution in [0.5, 0.6) is 0 Å². The molecule has 0 aliphatic heterocycles. The second kappa shape index (κ2) is 19.6. The Morgan fingerprint density at radius 1 is 0.922 bits per heavy atom. The molecule has 0 aliphatic rings. The van der Waals surface area contributed by atoms with Gasteiger partial charge in [0.15, 0.2) is 6.10 Å². The fraction of sp³-hybridized carbons (Fsp3) is 0.514. The van der Waals surface area contributed by atoms with Crippen molar-refractivity contribution in [1.29, 1.82) is 0 Å². The highest BCUT2D eigenvalue weighted by molar-refractivity contribution is 7.09. The van der Waals surface area contributed by atoms with Gasteiger partial charge in [-0.3, -0.25) is 24.0 Å². The van der Waals surface area contributed by atoms with Crippen molar-refractivity contribution in [1.82, 2.24) is 30.5 Å². The number of carbonyl (C=O) groups excluding carboxylic acids is 5. The van der Waals surface area contributed by atoms with Crippen LogP contribution in [0.1, 0.15) is 98.6 Å². The summed E-state index contributed by atoms with van der Waals surface area (Å²) in [4.78, 5) is 79.2. The van der Waals surface area contributed by atoms with Crippen LogP contribution >= 0.6 is 11.3 Å². The molecule has 14 heteroatoms. The van der Waals surface area contributed by atoms with Gasteiger partial charge in [0, 0.05) is 50.2 Å². The molecule has 1 aromatic carbocycles. The van der Waals surface area contributed by atoms with Gasteiger partial charge in [0.05, 0.1) is 13.0 Å². The van der Waals surface area contributed by atoms with Crippen LogP contribution in [0, 0.1) is 17.8 Å². The maximum absolute atomic E-state index is 14.0. The van der Waals surface area contributed by atoms with Crippen molar-refractivity contribution in [2.24, 2.45) is 17.8 Å². The third kappa shape index (κ3) is 11.9. The Bertz CT molecular complexity index is 1600. The lowest BCUT2D eigenvalue weighted by Gasteiger charge is -2.36. The smallest absolute Gasteiger partial charge is 0.308 e. The molecule has 276 valence electrons. The van der Waals surface area contributed by atoms with Crippen LogP contribution in [-0.4, -0.2) is 81.8 Å². The molecule has 0 saturated heterocycles. The summed E-state index contributed by atoms with van der Waals surface area (Å²) in [6.45, 7) is 10.8. The number of carbonyl (C=O) groups is 5. The quantitative estimate of drug-likeness (QED) is 0.174. The molecule has 3 rings (SSSR count). The molecule has 0 saturated carbocycles. The van der Waals surface area contributed by atoms with Gasteiger partial charge in [0.25, 0.3) is 11.8 Å². The third-order valence-corrected chi connectivity index (χ3v) is 9.78. The minimum Gasteiger partial charge on any atom is -0.469 e. The zero-order valence-corrected chi connectivity index (χ0v) is 31.4. The van der Waals surface area contributed by atoms with Crippen LogP contribution in [-0.2, 0) is 30.3 Å². The topological polar surface area (TPSA) is 170 Å². The molecule has 0 radical (unpaired) electrons. The van der Waals surface area contributed by atoms with E-state index in [1.165, 1.54) is 37.8 Å². The van der Waals surface area contributed by atoms with Gasteiger partial charge < -0.3 is 25.0 Å². The van der Waals surface area contributed by atoms with Crippen molar-refractivity contribution in [3.05, 3.63) is 76.3 Å². The summed E-state index contributed by atoms with van der Waals surface area (Å²) in [5.41, 5.74) is 1.14. The van der Waals surface area contributed by atoms with E-state index >= 15 is 0 Å². The summed E-state index contributed by atoms with van der Waals surface area (Å²) in [5.74, 6) is -2.97. The minimum atomic E-state index is -0.856. The van der Waals surface area contributed by atoms with Gasteiger partial charge in [-0.25, -0.2) is 15.0 Å². The van der Waals surface area contributed by atoms with E-state index < -0.39 is 41.9 Å². The zero-order valence-electron chi connectivity index (χ0n) is 30.6. The van der Waals surface area contributed by atoms with Crippen molar-refractivity contribution >= 4 is 41.0 Å². The Kier molecular flexibility index (Phi) is 15.7. The molecule has 0 bridgehead atoms. The molecule has 51 heavy (non-hydrogen) atoms. The summed E-state index contributed by atoms with van der Waals surface area (Å²) < 4.78 is 10.7. The lowest BCUT2D eigenvalue weighted by molar-refractivity contribution is -0.149. The van der Waals surface area contributed by atoms with Gasteiger partial charge in [0.2, 0.25) is 11.7 Å². The molecule has 0 spiro atoms. The van der Waals surface area contributed by atoms with Crippen LogP contribution < -0.4 is 10.6 Å². The summed E-state index contributed by atoms with van der Waals surface area (Å²) in [6, 6.07) is 9.56. The molecule has 6 atom stereocenters. The normalized spacial score (nSPS) is 14.7. The fourth-order valence-electron chi connectivity index (χ4n) is 5.80. The zero-order chi connectivity index (χ0) is 37.7.